The standard InChI is InChI=1S/C16H15BrN2O/c1-11-3-8-14(15(17)9-11)16(10-18)19-12-4-6-13(20-2)7-5-12/h3-9,16,19H,1-2H3. The van der Waals surface area contributed by atoms with Crippen LogP contribution in [0.2, 0.25) is 0 Å². The summed E-state index contributed by atoms with van der Waals surface area (Å²) in [7, 11) is 1.63. The van der Waals surface area contributed by atoms with Crippen LogP contribution in [0.1, 0.15) is 17.2 Å². The summed E-state index contributed by atoms with van der Waals surface area (Å²) in [6, 6.07) is 15.4. The lowest BCUT2D eigenvalue weighted by atomic mass is 10.1. The highest BCUT2D eigenvalue weighted by Gasteiger charge is 2.13. The zero-order valence-electron chi connectivity index (χ0n) is 11.4. The van der Waals surface area contributed by atoms with E-state index in [1.165, 1.54) is 0 Å². The van der Waals surface area contributed by atoms with Gasteiger partial charge < -0.3 is 10.1 Å². The van der Waals surface area contributed by atoms with Crippen LogP contribution in [0.15, 0.2) is 46.9 Å². The molecule has 1 N–H and O–H groups in total. The number of nitriles is 1. The number of nitrogens with zero attached hydrogens (tertiary/aromatic N) is 1. The monoisotopic (exact) mass is 330 g/mol. The van der Waals surface area contributed by atoms with Crippen molar-refractivity contribution >= 4 is 21.6 Å². The average Bonchev–Trinajstić information content (AvgIpc) is 2.46. The molecular formula is C16H15BrN2O. The zero-order valence-corrected chi connectivity index (χ0v) is 12.9. The molecule has 20 heavy (non-hydrogen) atoms. The Labute approximate surface area is 127 Å². The molecule has 0 heterocycles. The van der Waals surface area contributed by atoms with Crippen molar-refractivity contribution in [1.82, 2.24) is 0 Å². The van der Waals surface area contributed by atoms with E-state index < -0.39 is 6.04 Å². The number of rotatable bonds is 4. The molecular weight excluding hydrogens is 316 g/mol. The topological polar surface area (TPSA) is 45.0 Å². The molecule has 0 amide bonds. The minimum Gasteiger partial charge on any atom is -0.497 e. The Morgan fingerprint density at radius 3 is 2.45 bits per heavy atom. The van der Waals surface area contributed by atoms with Crippen molar-refractivity contribution in [1.29, 1.82) is 5.26 Å². The molecule has 0 aliphatic heterocycles. The first-order valence-electron chi connectivity index (χ1n) is 6.20. The molecule has 0 aromatic heterocycles. The van der Waals surface area contributed by atoms with Gasteiger partial charge in [0.1, 0.15) is 11.8 Å². The van der Waals surface area contributed by atoms with E-state index in [1.807, 2.05) is 49.4 Å². The van der Waals surface area contributed by atoms with Gasteiger partial charge in [-0.15, -0.1) is 0 Å². The highest BCUT2D eigenvalue weighted by molar-refractivity contribution is 9.10. The lowest BCUT2D eigenvalue weighted by molar-refractivity contribution is 0.415. The molecule has 102 valence electrons. The molecule has 1 atom stereocenters. The van der Waals surface area contributed by atoms with Crippen LogP contribution < -0.4 is 10.1 Å². The maximum absolute atomic E-state index is 9.38. The lowest BCUT2D eigenvalue weighted by Crippen LogP contribution is -2.09. The van der Waals surface area contributed by atoms with E-state index in [2.05, 4.69) is 27.3 Å². The summed E-state index contributed by atoms with van der Waals surface area (Å²) >= 11 is 3.51. The Balaban J connectivity index is 2.22. The van der Waals surface area contributed by atoms with E-state index in [-0.39, 0.29) is 0 Å². The second-order valence-corrected chi connectivity index (χ2v) is 5.31. The second-order valence-electron chi connectivity index (χ2n) is 4.46. The summed E-state index contributed by atoms with van der Waals surface area (Å²) < 4.78 is 6.05. The van der Waals surface area contributed by atoms with Crippen LogP contribution in [0.4, 0.5) is 5.69 Å². The average molecular weight is 331 g/mol. The van der Waals surface area contributed by atoms with Crippen molar-refractivity contribution in [2.75, 3.05) is 12.4 Å². The number of hydrogen-bond donors (Lipinski definition) is 1. The van der Waals surface area contributed by atoms with E-state index in [4.69, 9.17) is 4.74 Å². The van der Waals surface area contributed by atoms with Crippen LogP contribution in [0.3, 0.4) is 0 Å². The summed E-state index contributed by atoms with van der Waals surface area (Å²) in [6.07, 6.45) is 0. The second kappa shape index (κ2) is 6.44. The summed E-state index contributed by atoms with van der Waals surface area (Å²) in [6.45, 7) is 2.02. The van der Waals surface area contributed by atoms with E-state index in [0.717, 1.165) is 27.0 Å². The fourth-order valence-corrected chi connectivity index (χ4v) is 2.62. The third-order valence-electron chi connectivity index (χ3n) is 3.00. The summed E-state index contributed by atoms with van der Waals surface area (Å²) in [5.41, 5.74) is 2.96. The lowest BCUT2D eigenvalue weighted by Gasteiger charge is -2.15. The molecule has 0 spiro atoms. The largest absolute Gasteiger partial charge is 0.497 e. The van der Waals surface area contributed by atoms with Crippen molar-refractivity contribution in [3.05, 3.63) is 58.1 Å². The molecule has 0 radical (unpaired) electrons. The minimum absolute atomic E-state index is 0.404. The van der Waals surface area contributed by atoms with Gasteiger partial charge in [0, 0.05) is 15.7 Å². The highest BCUT2D eigenvalue weighted by Crippen LogP contribution is 2.27. The number of halogens is 1. The van der Waals surface area contributed by atoms with Gasteiger partial charge in [0.15, 0.2) is 0 Å². The van der Waals surface area contributed by atoms with Gasteiger partial charge in [0.25, 0.3) is 0 Å². The molecule has 0 saturated heterocycles. The third kappa shape index (κ3) is 3.31. The molecule has 0 aliphatic carbocycles. The fraction of sp³-hybridized carbons (Fsp3) is 0.188. The normalized spacial score (nSPS) is 11.5. The molecule has 2 aromatic rings. The summed E-state index contributed by atoms with van der Waals surface area (Å²) in [5, 5.41) is 12.6. The SMILES string of the molecule is COc1ccc(NC(C#N)c2ccc(C)cc2Br)cc1. The molecule has 3 nitrogen and oxygen atoms in total. The van der Waals surface area contributed by atoms with Crippen LogP contribution in [0.5, 0.6) is 5.75 Å². The summed E-state index contributed by atoms with van der Waals surface area (Å²) in [4.78, 5) is 0. The van der Waals surface area contributed by atoms with Crippen molar-refractivity contribution < 1.29 is 4.74 Å². The number of methoxy groups -OCH3 is 1. The predicted octanol–water partition coefficient (Wildman–Crippen LogP) is 4.44. The van der Waals surface area contributed by atoms with Crippen molar-refractivity contribution in [2.24, 2.45) is 0 Å². The van der Waals surface area contributed by atoms with Gasteiger partial charge in [0.05, 0.1) is 13.2 Å². The Morgan fingerprint density at radius 1 is 1.20 bits per heavy atom. The van der Waals surface area contributed by atoms with Crippen LogP contribution in [-0.2, 0) is 0 Å². The number of nitrogens with one attached hydrogen (secondary N) is 1. The van der Waals surface area contributed by atoms with E-state index in [1.54, 1.807) is 7.11 Å². The first-order chi connectivity index (χ1) is 9.63. The van der Waals surface area contributed by atoms with Crippen LogP contribution in [-0.4, -0.2) is 7.11 Å². The maximum atomic E-state index is 9.38. The fourth-order valence-electron chi connectivity index (χ4n) is 1.90. The molecule has 4 heteroatoms. The van der Waals surface area contributed by atoms with Crippen LogP contribution in [0.25, 0.3) is 0 Å². The predicted molar refractivity (Wildman–Crippen MR) is 83.8 cm³/mol. The van der Waals surface area contributed by atoms with Gasteiger partial charge in [0.2, 0.25) is 0 Å². The summed E-state index contributed by atoms with van der Waals surface area (Å²) in [5.74, 6) is 0.792. The van der Waals surface area contributed by atoms with Crippen molar-refractivity contribution in [3.8, 4) is 11.8 Å². The van der Waals surface area contributed by atoms with Crippen molar-refractivity contribution in [3.63, 3.8) is 0 Å². The van der Waals surface area contributed by atoms with Gasteiger partial charge in [-0.3, -0.25) is 0 Å². The van der Waals surface area contributed by atoms with Gasteiger partial charge in [-0.25, -0.2) is 0 Å². The van der Waals surface area contributed by atoms with Gasteiger partial charge >= 0.3 is 0 Å². The molecule has 0 fully saturated rings. The highest BCUT2D eigenvalue weighted by atomic mass is 79.9. The maximum Gasteiger partial charge on any atom is 0.141 e. The van der Waals surface area contributed by atoms with Crippen molar-refractivity contribution in [2.45, 2.75) is 13.0 Å². The Morgan fingerprint density at radius 2 is 1.90 bits per heavy atom. The first-order valence-corrected chi connectivity index (χ1v) is 6.99. The number of hydrogen-bond acceptors (Lipinski definition) is 3. The van der Waals surface area contributed by atoms with E-state index in [0.29, 0.717) is 0 Å². The van der Waals surface area contributed by atoms with E-state index >= 15 is 0 Å². The Kier molecular flexibility index (Phi) is 4.65. The van der Waals surface area contributed by atoms with Crippen LogP contribution in [0, 0.1) is 18.3 Å². The molecule has 2 aromatic carbocycles. The zero-order chi connectivity index (χ0) is 14.5. The molecule has 0 aliphatic rings. The molecule has 2 rings (SSSR count). The van der Waals surface area contributed by atoms with Gasteiger partial charge in [-0.05, 0) is 42.8 Å². The van der Waals surface area contributed by atoms with Gasteiger partial charge in [-0.2, -0.15) is 5.26 Å². The molecule has 0 bridgehead atoms. The number of ether oxygens (including phenoxy) is 1. The smallest absolute Gasteiger partial charge is 0.141 e. The quantitative estimate of drug-likeness (QED) is 0.901. The Hall–Kier alpha value is -1.99. The molecule has 1 unspecified atom stereocenters. The Bertz CT molecular complexity index is 632. The third-order valence-corrected chi connectivity index (χ3v) is 3.68. The number of anilines is 1. The van der Waals surface area contributed by atoms with Crippen LogP contribution >= 0.6 is 15.9 Å². The van der Waals surface area contributed by atoms with E-state index in [9.17, 15) is 5.26 Å². The first kappa shape index (κ1) is 14.4. The number of aryl methyl sites for hydroxylation is 1. The number of benzene rings is 2. The molecule has 0 saturated carbocycles. The van der Waals surface area contributed by atoms with Gasteiger partial charge in [-0.1, -0.05) is 28.1 Å². The minimum atomic E-state index is -0.404.